The number of ether oxygens (including phenoxy) is 1. The van der Waals surface area contributed by atoms with E-state index in [0.717, 1.165) is 16.6 Å². The molecule has 5 heteroatoms. The van der Waals surface area contributed by atoms with Gasteiger partial charge in [-0.05, 0) is 30.5 Å². The van der Waals surface area contributed by atoms with Crippen LogP contribution >= 0.6 is 11.8 Å². The van der Waals surface area contributed by atoms with E-state index < -0.39 is 0 Å². The zero-order chi connectivity index (χ0) is 13.7. The standard InChI is InChI=1S/C14H21FN2OS/c1-18-14-7-6-10(8-12(14)15)13(17-16)9-19-11-4-2-3-5-11/h6-8,11,13,17H,2-5,9,16H2,1H3. The lowest BCUT2D eigenvalue weighted by molar-refractivity contribution is 0.385. The van der Waals surface area contributed by atoms with Gasteiger partial charge in [-0.2, -0.15) is 11.8 Å². The monoisotopic (exact) mass is 284 g/mol. The number of rotatable bonds is 6. The molecule has 0 amide bonds. The number of hydrogen-bond acceptors (Lipinski definition) is 4. The quantitative estimate of drug-likeness (QED) is 0.623. The van der Waals surface area contributed by atoms with Crippen LogP contribution in [0.4, 0.5) is 4.39 Å². The van der Waals surface area contributed by atoms with Gasteiger partial charge >= 0.3 is 0 Å². The summed E-state index contributed by atoms with van der Waals surface area (Å²) in [4.78, 5) is 0. The molecule has 0 saturated heterocycles. The predicted molar refractivity (Wildman–Crippen MR) is 77.7 cm³/mol. The van der Waals surface area contributed by atoms with Crippen molar-refractivity contribution in [2.75, 3.05) is 12.9 Å². The first-order chi connectivity index (χ1) is 9.24. The normalized spacial score (nSPS) is 17.6. The summed E-state index contributed by atoms with van der Waals surface area (Å²) in [7, 11) is 1.46. The number of halogens is 1. The molecule has 106 valence electrons. The lowest BCUT2D eigenvalue weighted by Gasteiger charge is -2.18. The molecule has 0 radical (unpaired) electrons. The Bertz CT molecular complexity index is 410. The van der Waals surface area contributed by atoms with Crippen molar-refractivity contribution < 1.29 is 9.13 Å². The fourth-order valence-electron chi connectivity index (χ4n) is 2.43. The third-order valence-corrected chi connectivity index (χ3v) is 5.05. The van der Waals surface area contributed by atoms with Crippen molar-refractivity contribution in [2.24, 2.45) is 5.84 Å². The van der Waals surface area contributed by atoms with Crippen molar-refractivity contribution in [2.45, 2.75) is 37.0 Å². The van der Waals surface area contributed by atoms with Crippen LogP contribution in [0, 0.1) is 5.82 Å². The fourth-order valence-corrected chi connectivity index (χ4v) is 3.85. The first-order valence-electron chi connectivity index (χ1n) is 6.65. The highest BCUT2D eigenvalue weighted by molar-refractivity contribution is 7.99. The number of thioether (sulfide) groups is 1. The van der Waals surface area contributed by atoms with Crippen LogP contribution < -0.4 is 16.0 Å². The molecule has 0 aromatic heterocycles. The number of hydrogen-bond donors (Lipinski definition) is 2. The lowest BCUT2D eigenvalue weighted by atomic mass is 10.1. The van der Waals surface area contributed by atoms with Gasteiger partial charge in [-0.15, -0.1) is 0 Å². The van der Waals surface area contributed by atoms with Gasteiger partial charge in [0.2, 0.25) is 0 Å². The smallest absolute Gasteiger partial charge is 0.165 e. The number of hydrazine groups is 1. The van der Waals surface area contributed by atoms with E-state index in [-0.39, 0.29) is 17.6 Å². The third kappa shape index (κ3) is 3.84. The Morgan fingerprint density at radius 1 is 1.47 bits per heavy atom. The van der Waals surface area contributed by atoms with Crippen LogP contribution in [0.5, 0.6) is 5.75 Å². The minimum absolute atomic E-state index is 0.0222. The van der Waals surface area contributed by atoms with Crippen molar-refractivity contribution in [3.05, 3.63) is 29.6 Å². The lowest BCUT2D eigenvalue weighted by Crippen LogP contribution is -2.30. The zero-order valence-electron chi connectivity index (χ0n) is 11.2. The van der Waals surface area contributed by atoms with Gasteiger partial charge in [0, 0.05) is 11.0 Å². The molecule has 1 unspecified atom stereocenters. The molecule has 0 spiro atoms. The fraction of sp³-hybridized carbons (Fsp3) is 0.571. The molecule has 19 heavy (non-hydrogen) atoms. The maximum absolute atomic E-state index is 13.7. The minimum Gasteiger partial charge on any atom is -0.494 e. The molecule has 1 aromatic carbocycles. The van der Waals surface area contributed by atoms with Crippen LogP contribution in [0.15, 0.2) is 18.2 Å². The Hall–Kier alpha value is -0.780. The molecule has 1 atom stereocenters. The highest BCUT2D eigenvalue weighted by Gasteiger charge is 2.19. The first kappa shape index (κ1) is 14.6. The Morgan fingerprint density at radius 3 is 2.79 bits per heavy atom. The van der Waals surface area contributed by atoms with Gasteiger partial charge in [-0.3, -0.25) is 11.3 Å². The molecule has 1 fully saturated rings. The average molecular weight is 284 g/mol. The molecule has 2 rings (SSSR count). The molecule has 1 aliphatic rings. The number of nitrogens with two attached hydrogens (primary N) is 1. The summed E-state index contributed by atoms with van der Waals surface area (Å²) in [5, 5.41) is 0.735. The van der Waals surface area contributed by atoms with E-state index >= 15 is 0 Å². The Labute approximate surface area is 118 Å². The predicted octanol–water partition coefficient (Wildman–Crippen LogP) is 3.01. The van der Waals surface area contributed by atoms with E-state index in [9.17, 15) is 4.39 Å². The number of nitrogens with one attached hydrogen (secondary N) is 1. The molecule has 0 aliphatic heterocycles. The third-order valence-electron chi connectivity index (χ3n) is 3.58. The van der Waals surface area contributed by atoms with Crippen molar-refractivity contribution in [1.29, 1.82) is 0 Å². The van der Waals surface area contributed by atoms with E-state index in [1.54, 1.807) is 6.07 Å². The molecule has 3 N–H and O–H groups in total. The summed E-state index contributed by atoms with van der Waals surface area (Å²) in [5.41, 5.74) is 3.65. The van der Waals surface area contributed by atoms with Gasteiger partial charge in [-0.25, -0.2) is 4.39 Å². The van der Waals surface area contributed by atoms with Crippen molar-refractivity contribution in [3.63, 3.8) is 0 Å². The van der Waals surface area contributed by atoms with Crippen molar-refractivity contribution in [3.8, 4) is 5.75 Å². The topological polar surface area (TPSA) is 47.3 Å². The zero-order valence-corrected chi connectivity index (χ0v) is 12.0. The Balaban J connectivity index is 1.97. The SMILES string of the molecule is COc1ccc(C(CSC2CCCC2)NN)cc1F. The van der Waals surface area contributed by atoms with E-state index in [1.165, 1.54) is 38.9 Å². The maximum Gasteiger partial charge on any atom is 0.165 e. The van der Waals surface area contributed by atoms with Crippen molar-refractivity contribution >= 4 is 11.8 Å². The van der Waals surface area contributed by atoms with Crippen molar-refractivity contribution in [1.82, 2.24) is 5.43 Å². The molecule has 1 saturated carbocycles. The van der Waals surface area contributed by atoms with Crippen LogP contribution in [0.3, 0.4) is 0 Å². The summed E-state index contributed by atoms with van der Waals surface area (Å²) in [6.07, 6.45) is 5.24. The Morgan fingerprint density at radius 2 is 2.21 bits per heavy atom. The van der Waals surface area contributed by atoms with Gasteiger partial charge < -0.3 is 4.74 Å². The summed E-state index contributed by atoms with van der Waals surface area (Å²) < 4.78 is 18.6. The molecular formula is C14H21FN2OS. The second kappa shape index (κ2) is 7.12. The Kier molecular flexibility index (Phi) is 5.48. The average Bonchev–Trinajstić information content (AvgIpc) is 2.93. The highest BCUT2D eigenvalue weighted by atomic mass is 32.2. The maximum atomic E-state index is 13.7. The van der Waals surface area contributed by atoms with Crippen LogP contribution in [0.2, 0.25) is 0 Å². The molecule has 0 heterocycles. The largest absolute Gasteiger partial charge is 0.494 e. The molecule has 1 aliphatic carbocycles. The first-order valence-corrected chi connectivity index (χ1v) is 7.70. The van der Waals surface area contributed by atoms with Crippen LogP contribution in [-0.4, -0.2) is 18.1 Å². The summed E-state index contributed by atoms with van der Waals surface area (Å²) in [6, 6.07) is 4.99. The van der Waals surface area contributed by atoms with Gasteiger partial charge in [0.1, 0.15) is 0 Å². The van der Waals surface area contributed by atoms with Crippen LogP contribution in [0.1, 0.15) is 37.3 Å². The summed E-state index contributed by atoms with van der Waals surface area (Å²) in [6.45, 7) is 0. The van der Waals surface area contributed by atoms with Crippen LogP contribution in [0.25, 0.3) is 0 Å². The van der Waals surface area contributed by atoms with E-state index in [4.69, 9.17) is 10.6 Å². The summed E-state index contributed by atoms with van der Waals surface area (Å²) >= 11 is 1.93. The van der Waals surface area contributed by atoms with Gasteiger partial charge in [0.05, 0.1) is 13.2 Å². The minimum atomic E-state index is -0.342. The molecular weight excluding hydrogens is 263 g/mol. The molecule has 0 bridgehead atoms. The highest BCUT2D eigenvalue weighted by Crippen LogP contribution is 2.32. The van der Waals surface area contributed by atoms with E-state index in [0.29, 0.717) is 0 Å². The van der Waals surface area contributed by atoms with Gasteiger partial charge in [-0.1, -0.05) is 18.9 Å². The van der Waals surface area contributed by atoms with Gasteiger partial charge in [0.15, 0.2) is 11.6 Å². The number of methoxy groups -OCH3 is 1. The van der Waals surface area contributed by atoms with E-state index in [1.807, 2.05) is 17.8 Å². The summed E-state index contributed by atoms with van der Waals surface area (Å²) in [5.74, 6) is 6.39. The molecule has 1 aromatic rings. The van der Waals surface area contributed by atoms with E-state index in [2.05, 4.69) is 5.43 Å². The van der Waals surface area contributed by atoms with Gasteiger partial charge in [0.25, 0.3) is 0 Å². The second-order valence-electron chi connectivity index (χ2n) is 4.85. The second-order valence-corrected chi connectivity index (χ2v) is 6.19. The number of benzene rings is 1. The van der Waals surface area contributed by atoms with Crippen LogP contribution in [-0.2, 0) is 0 Å². The molecule has 3 nitrogen and oxygen atoms in total.